The number of anilines is 2. The zero-order valence-corrected chi connectivity index (χ0v) is 18.7. The van der Waals surface area contributed by atoms with Crippen molar-refractivity contribution in [1.29, 1.82) is 0 Å². The second-order valence-electron chi connectivity index (χ2n) is 8.26. The zero-order valence-electron chi connectivity index (χ0n) is 18.7. The van der Waals surface area contributed by atoms with Crippen molar-refractivity contribution in [3.05, 3.63) is 66.4 Å². The van der Waals surface area contributed by atoms with Gasteiger partial charge < -0.3 is 11.1 Å². The van der Waals surface area contributed by atoms with E-state index >= 15 is 0 Å². The van der Waals surface area contributed by atoms with Crippen LogP contribution in [0.15, 0.2) is 54.7 Å². The van der Waals surface area contributed by atoms with Gasteiger partial charge in [-0.15, -0.1) is 5.10 Å². The molecule has 0 saturated carbocycles. The molecule has 1 fully saturated rings. The van der Waals surface area contributed by atoms with Crippen LogP contribution in [0.25, 0.3) is 28.2 Å². The molecule has 1 aliphatic heterocycles. The second-order valence-corrected chi connectivity index (χ2v) is 8.26. The van der Waals surface area contributed by atoms with E-state index in [-0.39, 0.29) is 23.2 Å². The van der Waals surface area contributed by atoms with E-state index in [1.807, 2.05) is 24.3 Å². The monoisotopic (exact) mass is 476 g/mol. The number of carbonyl (C=O) groups excluding carboxylic acids is 1. The topological polar surface area (TPSA) is 115 Å². The van der Waals surface area contributed by atoms with Gasteiger partial charge in [-0.1, -0.05) is 18.2 Å². The van der Waals surface area contributed by atoms with Crippen LogP contribution in [0.3, 0.4) is 0 Å². The first kappa shape index (κ1) is 22.5. The van der Waals surface area contributed by atoms with Crippen LogP contribution in [-0.4, -0.2) is 55.6 Å². The van der Waals surface area contributed by atoms with Crippen molar-refractivity contribution in [3.8, 4) is 28.2 Å². The minimum Gasteiger partial charge on any atom is -0.383 e. The van der Waals surface area contributed by atoms with Gasteiger partial charge in [0.15, 0.2) is 17.5 Å². The Bertz CT molecular complexity index is 1380. The molecule has 0 bridgehead atoms. The van der Waals surface area contributed by atoms with Crippen LogP contribution in [-0.2, 0) is 4.79 Å². The molecular formula is C24H22F2N8O. The Morgan fingerprint density at radius 1 is 1.06 bits per heavy atom. The van der Waals surface area contributed by atoms with Gasteiger partial charge in [-0.25, -0.2) is 13.8 Å². The van der Waals surface area contributed by atoms with Crippen LogP contribution in [0.2, 0.25) is 0 Å². The van der Waals surface area contributed by atoms with Crippen LogP contribution in [0.4, 0.5) is 20.3 Å². The van der Waals surface area contributed by atoms with Gasteiger partial charge in [0.1, 0.15) is 11.5 Å². The predicted molar refractivity (Wildman–Crippen MR) is 126 cm³/mol. The van der Waals surface area contributed by atoms with E-state index in [9.17, 15) is 13.6 Å². The minimum atomic E-state index is -1.08. The molecule has 1 aliphatic rings. The number of benzene rings is 2. The van der Waals surface area contributed by atoms with Crippen molar-refractivity contribution in [2.24, 2.45) is 0 Å². The molecule has 2 aromatic carbocycles. The highest BCUT2D eigenvalue weighted by Crippen LogP contribution is 2.31. The summed E-state index contributed by atoms with van der Waals surface area (Å²) < 4.78 is 29.3. The number of nitrogens with two attached hydrogens (primary N) is 1. The van der Waals surface area contributed by atoms with E-state index in [0.29, 0.717) is 23.4 Å². The van der Waals surface area contributed by atoms with Crippen molar-refractivity contribution >= 4 is 17.4 Å². The Balaban J connectivity index is 1.44. The lowest BCUT2D eigenvalue weighted by atomic mass is 10.0. The second kappa shape index (κ2) is 9.55. The highest BCUT2D eigenvalue weighted by Gasteiger charge is 2.20. The van der Waals surface area contributed by atoms with Gasteiger partial charge in [0.2, 0.25) is 5.91 Å². The van der Waals surface area contributed by atoms with Crippen LogP contribution in [0.1, 0.15) is 12.8 Å². The minimum absolute atomic E-state index is 0.0727. The van der Waals surface area contributed by atoms with E-state index in [1.54, 1.807) is 12.3 Å². The molecule has 35 heavy (non-hydrogen) atoms. The molecule has 3 N–H and O–H groups in total. The first-order valence-electron chi connectivity index (χ1n) is 11.1. The molecule has 9 nitrogen and oxygen atoms in total. The number of carbonyl (C=O) groups is 1. The Morgan fingerprint density at radius 3 is 2.69 bits per heavy atom. The first-order chi connectivity index (χ1) is 17.0. The molecule has 3 heterocycles. The van der Waals surface area contributed by atoms with Crippen molar-refractivity contribution in [3.63, 3.8) is 0 Å². The van der Waals surface area contributed by atoms with Crippen molar-refractivity contribution in [2.75, 3.05) is 30.7 Å². The van der Waals surface area contributed by atoms with E-state index in [1.165, 1.54) is 12.1 Å². The maximum absolute atomic E-state index is 14.4. The summed E-state index contributed by atoms with van der Waals surface area (Å²) in [6.45, 7) is 2.23. The Labute approximate surface area is 199 Å². The number of hydrogen-bond acceptors (Lipinski definition) is 7. The van der Waals surface area contributed by atoms with Crippen molar-refractivity contribution in [2.45, 2.75) is 12.8 Å². The lowest BCUT2D eigenvalue weighted by Gasteiger charge is -2.14. The van der Waals surface area contributed by atoms with Gasteiger partial charge in [0, 0.05) is 17.4 Å². The van der Waals surface area contributed by atoms with Gasteiger partial charge in [0.05, 0.1) is 12.1 Å². The number of pyridine rings is 1. The summed E-state index contributed by atoms with van der Waals surface area (Å²) in [7, 11) is 0. The number of rotatable bonds is 6. The number of nitrogens with zero attached hydrogens (tertiary/aromatic N) is 6. The van der Waals surface area contributed by atoms with Crippen LogP contribution < -0.4 is 11.1 Å². The van der Waals surface area contributed by atoms with Crippen LogP contribution in [0, 0.1) is 11.6 Å². The molecule has 1 amide bonds. The lowest BCUT2D eigenvalue weighted by molar-refractivity contribution is -0.117. The number of hydrogen-bond donors (Lipinski definition) is 2. The number of tetrazole rings is 1. The summed E-state index contributed by atoms with van der Waals surface area (Å²) in [4.78, 5) is 18.8. The number of nitrogens with one attached hydrogen (secondary N) is 1. The van der Waals surface area contributed by atoms with Crippen LogP contribution >= 0.6 is 0 Å². The largest absolute Gasteiger partial charge is 0.383 e. The maximum Gasteiger partial charge on any atom is 0.238 e. The fourth-order valence-electron chi connectivity index (χ4n) is 4.11. The van der Waals surface area contributed by atoms with E-state index in [0.717, 1.165) is 42.2 Å². The van der Waals surface area contributed by atoms with Gasteiger partial charge in [-0.2, -0.15) is 4.68 Å². The molecule has 2 aromatic heterocycles. The summed E-state index contributed by atoms with van der Waals surface area (Å²) in [5, 5.41) is 14.3. The summed E-state index contributed by atoms with van der Waals surface area (Å²) in [5.41, 5.74) is 8.39. The summed E-state index contributed by atoms with van der Waals surface area (Å²) in [6, 6.07) is 12.8. The average molecular weight is 476 g/mol. The average Bonchev–Trinajstić information content (AvgIpc) is 3.54. The summed E-state index contributed by atoms with van der Waals surface area (Å²) in [5.74, 6) is -1.95. The lowest BCUT2D eigenvalue weighted by Crippen LogP contribution is -2.30. The fourth-order valence-corrected chi connectivity index (χ4v) is 4.11. The predicted octanol–water partition coefficient (Wildman–Crippen LogP) is 3.29. The van der Waals surface area contributed by atoms with Crippen LogP contribution in [0.5, 0.6) is 0 Å². The Kier molecular flexibility index (Phi) is 6.15. The highest BCUT2D eigenvalue weighted by molar-refractivity contribution is 5.93. The van der Waals surface area contributed by atoms with Crippen molar-refractivity contribution < 1.29 is 13.6 Å². The van der Waals surface area contributed by atoms with E-state index < -0.39 is 11.6 Å². The smallest absolute Gasteiger partial charge is 0.238 e. The Morgan fingerprint density at radius 2 is 1.86 bits per heavy atom. The molecule has 0 unspecified atom stereocenters. The number of nitrogen functional groups attached to an aromatic ring is 1. The van der Waals surface area contributed by atoms with Gasteiger partial charge >= 0.3 is 0 Å². The molecule has 0 radical (unpaired) electrons. The molecule has 11 heteroatoms. The molecule has 0 aliphatic carbocycles. The highest BCUT2D eigenvalue weighted by atomic mass is 19.2. The Hall–Kier alpha value is -4.25. The maximum atomic E-state index is 14.4. The number of halogens is 2. The molecule has 1 saturated heterocycles. The van der Waals surface area contributed by atoms with E-state index in [2.05, 4.69) is 30.7 Å². The molecular weight excluding hydrogens is 454 g/mol. The summed E-state index contributed by atoms with van der Waals surface area (Å²) >= 11 is 0. The third-order valence-corrected chi connectivity index (χ3v) is 5.83. The fraction of sp³-hybridized carbons (Fsp3) is 0.208. The third kappa shape index (κ3) is 4.71. The third-order valence-electron chi connectivity index (χ3n) is 5.83. The molecule has 5 rings (SSSR count). The number of amides is 1. The number of aromatic nitrogens is 5. The molecule has 0 spiro atoms. The quantitative estimate of drug-likeness (QED) is 0.439. The molecule has 178 valence electrons. The molecule has 0 atom stereocenters. The first-order valence-corrected chi connectivity index (χ1v) is 11.1. The SMILES string of the molecule is Nc1ncc(-c2cccc(NC(=O)CN3CCCC3)c2)cc1-c1nnnn1-c1cccc(F)c1F. The van der Waals surface area contributed by atoms with Gasteiger partial charge in [0.25, 0.3) is 0 Å². The van der Waals surface area contributed by atoms with Gasteiger partial charge in [-0.05, 0) is 72.3 Å². The van der Waals surface area contributed by atoms with E-state index in [4.69, 9.17) is 5.73 Å². The normalized spacial score (nSPS) is 13.8. The summed E-state index contributed by atoms with van der Waals surface area (Å²) in [6.07, 6.45) is 3.82. The standard InChI is InChI=1S/C24H22F2N8O/c25-19-7-4-8-20(22(19)26)34-24(30-31-32-34)18-12-16(13-28-23(18)27)15-5-3-6-17(11-15)29-21(35)14-33-9-1-2-10-33/h3-8,11-13H,1-2,9-10,14H2,(H2,27,28)(H,29,35). The number of likely N-dealkylation sites (tertiary alicyclic amines) is 1. The van der Waals surface area contributed by atoms with Gasteiger partial charge in [-0.3, -0.25) is 9.69 Å². The van der Waals surface area contributed by atoms with Crippen molar-refractivity contribution in [1.82, 2.24) is 30.1 Å². The zero-order chi connectivity index (χ0) is 24.4. The molecule has 4 aromatic rings.